The molecule has 0 heterocycles. The van der Waals surface area contributed by atoms with Gasteiger partial charge in [0.2, 0.25) is 0 Å². The summed E-state index contributed by atoms with van der Waals surface area (Å²) in [6, 6.07) is 13.9. The molecule has 0 aliphatic heterocycles. The number of alkyl halides is 3. The quantitative estimate of drug-likeness (QED) is 0.431. The first-order valence-electron chi connectivity index (χ1n) is 9.12. The monoisotopic (exact) mass is 458 g/mol. The molecule has 0 amide bonds. The molecular formula is C22H19Cl2F3O3. The second-order valence-corrected chi connectivity index (χ2v) is 8.49. The van der Waals surface area contributed by atoms with Crippen LogP contribution in [0, 0.1) is 17.3 Å². The minimum Gasteiger partial charge on any atom is -0.461 e. The molecule has 0 saturated heterocycles. The van der Waals surface area contributed by atoms with Crippen molar-refractivity contribution in [3.63, 3.8) is 0 Å². The van der Waals surface area contributed by atoms with Crippen molar-refractivity contribution in [2.45, 2.75) is 26.6 Å². The van der Waals surface area contributed by atoms with Crippen molar-refractivity contribution in [2.24, 2.45) is 17.3 Å². The van der Waals surface area contributed by atoms with Crippen LogP contribution in [0.2, 0.25) is 5.02 Å². The van der Waals surface area contributed by atoms with Crippen LogP contribution in [0.4, 0.5) is 13.2 Å². The standard InChI is InChI=1S/C22H19Cl2F3O3/c1-21(2)17(11-18(24)22(25,26)27)19(21)20(28)29-12-13-4-3-5-16(10-13)30-15-8-6-14(23)7-9-15/h3-11,17,19H,12H2,1-2H3/b18-11+. The smallest absolute Gasteiger partial charge is 0.426 e. The molecule has 8 heteroatoms. The number of ether oxygens (including phenoxy) is 2. The molecule has 30 heavy (non-hydrogen) atoms. The van der Waals surface area contributed by atoms with Crippen molar-refractivity contribution in [3.8, 4) is 11.5 Å². The predicted octanol–water partition coefficient (Wildman–Crippen LogP) is 7.13. The zero-order chi connectivity index (χ0) is 22.1. The molecule has 0 spiro atoms. The van der Waals surface area contributed by atoms with Crippen LogP contribution in [0.3, 0.4) is 0 Å². The summed E-state index contributed by atoms with van der Waals surface area (Å²) in [6.07, 6.45) is -3.73. The zero-order valence-electron chi connectivity index (χ0n) is 16.2. The number of hydrogen-bond acceptors (Lipinski definition) is 3. The van der Waals surface area contributed by atoms with E-state index in [2.05, 4.69) is 0 Å². The Kier molecular flexibility index (Phi) is 6.39. The topological polar surface area (TPSA) is 35.5 Å². The second-order valence-electron chi connectivity index (χ2n) is 7.65. The van der Waals surface area contributed by atoms with E-state index in [-0.39, 0.29) is 6.61 Å². The van der Waals surface area contributed by atoms with Crippen molar-refractivity contribution in [1.82, 2.24) is 0 Å². The van der Waals surface area contributed by atoms with Crippen LogP contribution < -0.4 is 4.74 Å². The lowest BCUT2D eigenvalue weighted by atomic mass is 10.1. The molecular weight excluding hydrogens is 440 g/mol. The van der Waals surface area contributed by atoms with Gasteiger partial charge >= 0.3 is 12.1 Å². The summed E-state index contributed by atoms with van der Waals surface area (Å²) in [5, 5.41) is -0.626. The normalized spacial score (nSPS) is 20.6. The van der Waals surface area contributed by atoms with Gasteiger partial charge in [-0.15, -0.1) is 0 Å². The number of carbonyl (C=O) groups is 1. The maximum atomic E-state index is 12.7. The Balaban J connectivity index is 1.60. The summed E-state index contributed by atoms with van der Waals surface area (Å²) < 4.78 is 49.1. The SMILES string of the molecule is CC1(C)C(/C=C(/Cl)C(F)(F)F)C1C(=O)OCc1cccc(Oc2ccc(Cl)cc2)c1. The van der Waals surface area contributed by atoms with E-state index in [1.54, 1.807) is 62.4 Å². The third kappa shape index (κ3) is 5.29. The first-order valence-corrected chi connectivity index (χ1v) is 9.87. The number of benzene rings is 2. The van der Waals surface area contributed by atoms with E-state index < -0.39 is 34.4 Å². The lowest BCUT2D eigenvalue weighted by Gasteiger charge is -2.09. The van der Waals surface area contributed by atoms with Gasteiger partial charge in [0.25, 0.3) is 0 Å². The van der Waals surface area contributed by atoms with Crippen molar-refractivity contribution in [1.29, 1.82) is 0 Å². The highest BCUT2D eigenvalue weighted by Gasteiger charge is 2.62. The van der Waals surface area contributed by atoms with Crippen molar-refractivity contribution >= 4 is 29.2 Å². The van der Waals surface area contributed by atoms with Gasteiger partial charge in [-0.05, 0) is 53.3 Å². The van der Waals surface area contributed by atoms with Crippen molar-refractivity contribution < 1.29 is 27.4 Å². The Morgan fingerprint density at radius 1 is 1.13 bits per heavy atom. The fraction of sp³-hybridized carbons (Fsp3) is 0.318. The van der Waals surface area contributed by atoms with Gasteiger partial charge in [-0.3, -0.25) is 4.79 Å². The summed E-state index contributed by atoms with van der Waals surface area (Å²) in [5.74, 6) is -0.711. The third-order valence-electron chi connectivity index (χ3n) is 5.09. The Hall–Kier alpha value is -2.18. The van der Waals surface area contributed by atoms with Gasteiger partial charge in [-0.1, -0.05) is 55.3 Å². The Labute approximate surface area is 182 Å². The third-order valence-corrected chi connectivity index (χ3v) is 5.68. The summed E-state index contributed by atoms with van der Waals surface area (Å²) in [4.78, 5) is 12.4. The zero-order valence-corrected chi connectivity index (χ0v) is 17.7. The summed E-state index contributed by atoms with van der Waals surface area (Å²) in [5.41, 5.74) is 0.0378. The van der Waals surface area contributed by atoms with E-state index in [4.69, 9.17) is 32.7 Å². The van der Waals surface area contributed by atoms with E-state index in [0.717, 1.165) is 6.08 Å². The molecule has 160 valence electrons. The first-order chi connectivity index (χ1) is 14.0. The Bertz CT molecular complexity index is 953. The number of esters is 1. The molecule has 1 aliphatic carbocycles. The first kappa shape index (κ1) is 22.5. The second kappa shape index (κ2) is 8.52. The number of rotatable bonds is 6. The molecule has 0 bridgehead atoms. The summed E-state index contributed by atoms with van der Waals surface area (Å²) in [7, 11) is 0. The molecule has 0 aromatic heterocycles. The summed E-state index contributed by atoms with van der Waals surface area (Å²) in [6.45, 7) is 3.40. The van der Waals surface area contributed by atoms with Crippen LogP contribution in [-0.4, -0.2) is 12.1 Å². The van der Waals surface area contributed by atoms with Crippen LogP contribution in [0.25, 0.3) is 0 Å². The van der Waals surface area contributed by atoms with Crippen molar-refractivity contribution in [3.05, 3.63) is 70.2 Å². The van der Waals surface area contributed by atoms with E-state index in [1.165, 1.54) is 0 Å². The van der Waals surface area contributed by atoms with Gasteiger partial charge in [-0.25, -0.2) is 0 Å². The lowest BCUT2D eigenvalue weighted by molar-refractivity contribution is -0.147. The molecule has 3 rings (SSSR count). The molecule has 1 saturated carbocycles. The van der Waals surface area contributed by atoms with Gasteiger partial charge in [-0.2, -0.15) is 13.2 Å². The lowest BCUT2D eigenvalue weighted by Crippen LogP contribution is -2.11. The Morgan fingerprint density at radius 2 is 1.80 bits per heavy atom. The number of hydrogen-bond donors (Lipinski definition) is 0. The largest absolute Gasteiger partial charge is 0.461 e. The molecule has 2 atom stereocenters. The van der Waals surface area contributed by atoms with Gasteiger partial charge in [0.15, 0.2) is 0 Å². The average molecular weight is 459 g/mol. The van der Waals surface area contributed by atoms with E-state index in [0.29, 0.717) is 22.1 Å². The fourth-order valence-electron chi connectivity index (χ4n) is 3.27. The fourth-order valence-corrected chi connectivity index (χ4v) is 3.53. The van der Waals surface area contributed by atoms with Crippen LogP contribution in [0.15, 0.2) is 59.6 Å². The number of carbonyl (C=O) groups excluding carboxylic acids is 1. The highest BCUT2D eigenvalue weighted by atomic mass is 35.5. The molecule has 3 nitrogen and oxygen atoms in total. The highest BCUT2D eigenvalue weighted by Crippen LogP contribution is 2.60. The van der Waals surface area contributed by atoms with Crippen LogP contribution >= 0.6 is 23.2 Å². The maximum absolute atomic E-state index is 12.7. The number of halogens is 5. The van der Waals surface area contributed by atoms with Gasteiger partial charge in [0, 0.05) is 5.02 Å². The molecule has 1 fully saturated rings. The van der Waals surface area contributed by atoms with E-state index >= 15 is 0 Å². The summed E-state index contributed by atoms with van der Waals surface area (Å²) >= 11 is 11.2. The minimum absolute atomic E-state index is 0.0212. The van der Waals surface area contributed by atoms with Crippen LogP contribution in [0.5, 0.6) is 11.5 Å². The highest BCUT2D eigenvalue weighted by molar-refractivity contribution is 6.30. The van der Waals surface area contributed by atoms with Gasteiger partial charge in [0.05, 0.1) is 5.92 Å². The Morgan fingerprint density at radius 3 is 2.43 bits per heavy atom. The molecule has 2 aromatic carbocycles. The molecule has 0 N–H and O–H groups in total. The maximum Gasteiger partial charge on any atom is 0.426 e. The van der Waals surface area contributed by atoms with Crippen LogP contribution in [0.1, 0.15) is 19.4 Å². The van der Waals surface area contributed by atoms with E-state index in [1.807, 2.05) is 0 Å². The number of allylic oxidation sites excluding steroid dienone is 2. The molecule has 2 unspecified atom stereocenters. The molecule has 2 aromatic rings. The van der Waals surface area contributed by atoms with Crippen LogP contribution in [-0.2, 0) is 16.1 Å². The molecule has 1 aliphatic rings. The van der Waals surface area contributed by atoms with Crippen molar-refractivity contribution in [2.75, 3.05) is 0 Å². The minimum atomic E-state index is -4.63. The van der Waals surface area contributed by atoms with Gasteiger partial charge in [0.1, 0.15) is 23.1 Å². The van der Waals surface area contributed by atoms with E-state index in [9.17, 15) is 18.0 Å². The van der Waals surface area contributed by atoms with Gasteiger partial charge < -0.3 is 9.47 Å². The average Bonchev–Trinajstić information content (AvgIpc) is 3.21. The predicted molar refractivity (Wildman–Crippen MR) is 109 cm³/mol. The molecule has 0 radical (unpaired) electrons.